The minimum absolute atomic E-state index is 0.359. The van der Waals surface area contributed by atoms with E-state index in [1.54, 1.807) is 7.11 Å². The number of nitrogens with zero attached hydrogens (tertiary/aromatic N) is 2. The summed E-state index contributed by atoms with van der Waals surface area (Å²) < 4.78 is 5.21. The van der Waals surface area contributed by atoms with Gasteiger partial charge < -0.3 is 19.9 Å². The second kappa shape index (κ2) is 7.80. The number of thiocarbonyl (C=S) groups is 1. The van der Waals surface area contributed by atoms with Gasteiger partial charge in [0.15, 0.2) is 5.11 Å². The molecule has 2 aromatic carbocycles. The van der Waals surface area contributed by atoms with Crippen molar-refractivity contribution < 1.29 is 4.74 Å². The fraction of sp³-hybridized carbons (Fsp3) is 0.364. The molecule has 3 aromatic rings. The van der Waals surface area contributed by atoms with Crippen molar-refractivity contribution in [2.45, 2.75) is 32.6 Å². The van der Waals surface area contributed by atoms with Gasteiger partial charge in [0.1, 0.15) is 11.6 Å². The minimum Gasteiger partial charge on any atom is -0.497 e. The van der Waals surface area contributed by atoms with Gasteiger partial charge in [0.2, 0.25) is 0 Å². The number of hydrogen-bond acceptors (Lipinski definition) is 3. The molecule has 5 nitrogen and oxygen atoms in total. The highest BCUT2D eigenvalue weighted by Gasteiger charge is 2.25. The van der Waals surface area contributed by atoms with Crippen LogP contribution in [-0.4, -0.2) is 40.2 Å². The van der Waals surface area contributed by atoms with Crippen molar-refractivity contribution in [2.24, 2.45) is 0 Å². The van der Waals surface area contributed by atoms with Crippen LogP contribution in [0.1, 0.15) is 35.7 Å². The van der Waals surface area contributed by atoms with E-state index in [-0.39, 0.29) is 0 Å². The molecule has 0 unspecified atom stereocenters. The van der Waals surface area contributed by atoms with Crippen LogP contribution in [0.5, 0.6) is 5.75 Å². The van der Waals surface area contributed by atoms with Gasteiger partial charge in [0, 0.05) is 24.7 Å². The largest absolute Gasteiger partial charge is 0.497 e. The molecule has 1 aliphatic rings. The van der Waals surface area contributed by atoms with Crippen molar-refractivity contribution in [3.8, 4) is 5.75 Å². The number of hydrogen-bond donors (Lipinski definition) is 2. The first-order valence-corrected chi connectivity index (χ1v) is 10.1. The fourth-order valence-corrected chi connectivity index (χ4v) is 4.03. The van der Waals surface area contributed by atoms with Gasteiger partial charge in [-0.1, -0.05) is 0 Å². The number of rotatable bonds is 3. The summed E-state index contributed by atoms with van der Waals surface area (Å²) in [6.07, 6.45) is 2.23. The van der Waals surface area contributed by atoms with Gasteiger partial charge in [0.25, 0.3) is 0 Å². The number of H-pyrrole nitrogens is 1. The minimum atomic E-state index is 0.359. The van der Waals surface area contributed by atoms with Crippen molar-refractivity contribution in [3.63, 3.8) is 0 Å². The molecule has 2 heterocycles. The van der Waals surface area contributed by atoms with Crippen molar-refractivity contribution in [1.29, 1.82) is 0 Å². The monoisotopic (exact) mass is 394 g/mol. The van der Waals surface area contributed by atoms with Crippen molar-refractivity contribution in [1.82, 2.24) is 14.9 Å². The smallest absolute Gasteiger partial charge is 0.173 e. The van der Waals surface area contributed by atoms with Crippen molar-refractivity contribution in [3.05, 3.63) is 53.3 Å². The Morgan fingerprint density at radius 2 is 1.96 bits per heavy atom. The van der Waals surface area contributed by atoms with E-state index in [9.17, 15) is 0 Å². The second-order valence-corrected chi connectivity index (χ2v) is 7.91. The maximum absolute atomic E-state index is 5.67. The first-order chi connectivity index (χ1) is 13.5. The first-order valence-electron chi connectivity index (χ1n) is 9.70. The number of aryl methyl sites for hydroxylation is 2. The van der Waals surface area contributed by atoms with E-state index in [1.807, 2.05) is 24.3 Å². The maximum Gasteiger partial charge on any atom is 0.173 e. The molecule has 4 rings (SSSR count). The SMILES string of the molecule is COc1ccc(NC(=S)N2CCC[C@@H](c3nc4cc(C)c(C)cc4[nH]3)C2)cc1. The molecule has 6 heteroatoms. The highest BCUT2D eigenvalue weighted by molar-refractivity contribution is 7.80. The molecule has 0 bridgehead atoms. The summed E-state index contributed by atoms with van der Waals surface area (Å²) in [7, 11) is 1.67. The summed E-state index contributed by atoms with van der Waals surface area (Å²) in [4.78, 5) is 10.7. The Bertz CT molecular complexity index is 957. The van der Waals surface area contributed by atoms with Crippen molar-refractivity contribution in [2.75, 3.05) is 25.5 Å². The summed E-state index contributed by atoms with van der Waals surface area (Å²) >= 11 is 5.67. The number of piperidine rings is 1. The molecule has 0 radical (unpaired) electrons. The van der Waals surface area contributed by atoms with Crippen LogP contribution in [0.25, 0.3) is 11.0 Å². The van der Waals surface area contributed by atoms with Crippen LogP contribution in [0.3, 0.4) is 0 Å². The Balaban J connectivity index is 1.47. The zero-order valence-electron chi connectivity index (χ0n) is 16.6. The van der Waals surface area contributed by atoms with Crippen LogP contribution >= 0.6 is 12.2 Å². The quantitative estimate of drug-likeness (QED) is 0.627. The van der Waals surface area contributed by atoms with Gasteiger partial charge in [0.05, 0.1) is 18.1 Å². The lowest BCUT2D eigenvalue weighted by Crippen LogP contribution is -2.41. The Hall–Kier alpha value is -2.60. The number of fused-ring (bicyclic) bond motifs is 1. The lowest BCUT2D eigenvalue weighted by Gasteiger charge is -2.33. The number of anilines is 1. The Labute approximate surface area is 171 Å². The predicted molar refractivity (Wildman–Crippen MR) is 118 cm³/mol. The molecular formula is C22H26N4OS. The first kappa shape index (κ1) is 18.7. The number of aromatic nitrogens is 2. The maximum atomic E-state index is 5.67. The third-order valence-electron chi connectivity index (χ3n) is 5.55. The number of ether oxygens (including phenoxy) is 1. The number of aromatic amines is 1. The van der Waals surface area contributed by atoms with E-state index in [4.69, 9.17) is 21.9 Å². The fourth-order valence-electron chi connectivity index (χ4n) is 3.74. The van der Waals surface area contributed by atoms with Crippen LogP contribution in [-0.2, 0) is 0 Å². The number of imidazole rings is 1. The normalized spacial score (nSPS) is 17.0. The zero-order chi connectivity index (χ0) is 19.7. The van der Waals surface area contributed by atoms with Gasteiger partial charge in [-0.05, 0) is 86.4 Å². The van der Waals surface area contributed by atoms with Crippen LogP contribution in [0.4, 0.5) is 5.69 Å². The third-order valence-corrected chi connectivity index (χ3v) is 5.91. The van der Waals surface area contributed by atoms with Gasteiger partial charge in [-0.3, -0.25) is 0 Å². The van der Waals surface area contributed by atoms with E-state index in [2.05, 4.69) is 41.2 Å². The molecule has 1 fully saturated rings. The molecule has 28 heavy (non-hydrogen) atoms. The van der Waals surface area contributed by atoms with E-state index < -0.39 is 0 Å². The average molecular weight is 395 g/mol. The van der Waals surface area contributed by atoms with Gasteiger partial charge >= 0.3 is 0 Å². The van der Waals surface area contributed by atoms with Crippen LogP contribution in [0.15, 0.2) is 36.4 Å². The average Bonchev–Trinajstić information content (AvgIpc) is 3.11. The molecular weight excluding hydrogens is 368 g/mol. The summed E-state index contributed by atoms with van der Waals surface area (Å²) in [5, 5.41) is 4.11. The molecule has 1 atom stereocenters. The van der Waals surface area contributed by atoms with Crippen LogP contribution in [0.2, 0.25) is 0 Å². The summed E-state index contributed by atoms with van der Waals surface area (Å²) in [6, 6.07) is 12.2. The van der Waals surface area contributed by atoms with Crippen molar-refractivity contribution >= 4 is 34.1 Å². The number of likely N-dealkylation sites (tertiary alicyclic amines) is 1. The molecule has 1 aromatic heterocycles. The number of benzene rings is 2. The third kappa shape index (κ3) is 3.83. The summed E-state index contributed by atoms with van der Waals surface area (Å²) in [5.41, 5.74) is 5.71. The molecule has 0 aliphatic carbocycles. The Morgan fingerprint density at radius 3 is 2.71 bits per heavy atom. The van der Waals surface area contributed by atoms with E-state index in [0.29, 0.717) is 5.92 Å². The summed E-state index contributed by atoms with van der Waals surface area (Å²) in [5.74, 6) is 2.26. The molecule has 0 amide bonds. The molecule has 2 N–H and O–H groups in total. The van der Waals surface area contributed by atoms with E-state index in [0.717, 1.165) is 59.3 Å². The highest BCUT2D eigenvalue weighted by Crippen LogP contribution is 2.28. The number of methoxy groups -OCH3 is 1. The second-order valence-electron chi connectivity index (χ2n) is 7.52. The van der Waals surface area contributed by atoms with E-state index in [1.165, 1.54) is 11.1 Å². The summed E-state index contributed by atoms with van der Waals surface area (Å²) in [6.45, 7) is 6.12. The van der Waals surface area contributed by atoms with Gasteiger partial charge in [-0.25, -0.2) is 4.98 Å². The molecule has 146 valence electrons. The molecule has 0 saturated carbocycles. The molecule has 0 spiro atoms. The Kier molecular flexibility index (Phi) is 5.22. The van der Waals surface area contributed by atoms with Crippen LogP contribution < -0.4 is 10.1 Å². The van der Waals surface area contributed by atoms with Crippen LogP contribution in [0, 0.1) is 13.8 Å². The van der Waals surface area contributed by atoms with E-state index >= 15 is 0 Å². The molecule has 1 aliphatic heterocycles. The topological polar surface area (TPSA) is 53.2 Å². The highest BCUT2D eigenvalue weighted by atomic mass is 32.1. The van der Waals surface area contributed by atoms with Gasteiger partial charge in [-0.15, -0.1) is 0 Å². The lowest BCUT2D eigenvalue weighted by molar-refractivity contribution is 0.307. The predicted octanol–water partition coefficient (Wildman–Crippen LogP) is 4.76. The Morgan fingerprint density at radius 1 is 1.21 bits per heavy atom. The number of nitrogens with one attached hydrogen (secondary N) is 2. The molecule has 1 saturated heterocycles. The standard InChI is InChI=1S/C22H26N4OS/c1-14-11-19-20(12-15(14)2)25-21(24-19)16-5-4-10-26(13-16)22(28)23-17-6-8-18(27-3)9-7-17/h6-9,11-12,16H,4-5,10,13H2,1-3H3,(H,23,28)(H,24,25)/t16-/m1/s1. The van der Waals surface area contributed by atoms with Gasteiger partial charge in [-0.2, -0.15) is 0 Å². The lowest BCUT2D eigenvalue weighted by atomic mass is 9.98. The zero-order valence-corrected chi connectivity index (χ0v) is 17.4.